The number of hydrogen-bond acceptors (Lipinski definition) is 6. The number of piperidine rings is 2. The molecule has 0 radical (unpaired) electrons. The molecule has 2 N–H and O–H groups in total. The van der Waals surface area contributed by atoms with E-state index in [9.17, 15) is 13.2 Å². The number of allylic oxidation sites excluding steroid dienone is 1. The Morgan fingerprint density at radius 3 is 2.04 bits per heavy atom. The molecule has 0 aromatic heterocycles. The first-order valence-electron chi connectivity index (χ1n) is 15.5. The third kappa shape index (κ3) is 9.50. The highest BCUT2D eigenvalue weighted by Gasteiger charge is 2.34. The molecule has 2 aliphatic heterocycles. The predicted octanol–water partition coefficient (Wildman–Crippen LogP) is 8.30. The normalized spacial score (nSPS) is 16.4. The summed E-state index contributed by atoms with van der Waals surface area (Å²) in [5.74, 6) is 2.50. The maximum atomic E-state index is 13.2. The van der Waals surface area contributed by atoms with E-state index < -0.39 is 11.7 Å². The van der Waals surface area contributed by atoms with Crippen LogP contribution in [0.2, 0.25) is 0 Å². The molecule has 9 heteroatoms. The SMILES string of the molecule is C=O.CC(C)=C(CCN1CCC(c2ccc(Oc3ccccc3)cc2)CC1)N1CCC(Oc2ccc(N)c(C(F)(F)F)c2)CC1. The summed E-state index contributed by atoms with van der Waals surface area (Å²) in [4.78, 5) is 13.0. The molecule has 45 heavy (non-hydrogen) atoms. The topological polar surface area (TPSA) is 68.0 Å². The molecule has 2 saturated heterocycles. The highest BCUT2D eigenvalue weighted by Crippen LogP contribution is 2.36. The molecule has 0 spiro atoms. The Morgan fingerprint density at radius 2 is 1.44 bits per heavy atom. The molecule has 0 aliphatic carbocycles. The van der Waals surface area contributed by atoms with Gasteiger partial charge in [0.05, 0.1) is 5.56 Å². The van der Waals surface area contributed by atoms with Gasteiger partial charge in [0, 0.05) is 43.9 Å². The Kier molecular flexibility index (Phi) is 11.9. The van der Waals surface area contributed by atoms with E-state index in [0.717, 1.165) is 82.4 Å². The fourth-order valence-corrected chi connectivity index (χ4v) is 6.20. The molecule has 6 nitrogen and oxygen atoms in total. The summed E-state index contributed by atoms with van der Waals surface area (Å²) < 4.78 is 51.6. The molecule has 2 aliphatic rings. The molecule has 3 aromatic carbocycles. The van der Waals surface area contributed by atoms with E-state index in [0.29, 0.717) is 5.92 Å². The van der Waals surface area contributed by atoms with Crippen LogP contribution in [0, 0.1) is 0 Å². The number of carbonyl (C=O) groups excluding carboxylic acids is 1. The van der Waals surface area contributed by atoms with Crippen molar-refractivity contribution in [3.05, 3.63) is 95.2 Å². The summed E-state index contributed by atoms with van der Waals surface area (Å²) in [6.45, 7) is 11.2. The Balaban J connectivity index is 0.00000226. The van der Waals surface area contributed by atoms with Crippen molar-refractivity contribution in [1.82, 2.24) is 9.80 Å². The third-order valence-corrected chi connectivity index (χ3v) is 8.62. The summed E-state index contributed by atoms with van der Waals surface area (Å²) in [6, 6.07) is 22.2. The maximum absolute atomic E-state index is 13.2. The zero-order valence-electron chi connectivity index (χ0n) is 26.2. The average Bonchev–Trinajstić information content (AvgIpc) is 3.04. The standard InChI is InChI=1S/C35H42F3N3O2.CH2O/c1-25(2)34(41-22-16-30(17-23-41)43-31-12-13-33(39)32(24-31)35(36,37)38)18-21-40-19-14-27(15-20-40)26-8-10-29(11-9-26)42-28-6-4-3-5-7-28;1-2/h3-13,24,27,30H,14-23,39H2,1-2H3;1H2. The van der Waals surface area contributed by atoms with E-state index in [4.69, 9.17) is 20.0 Å². The van der Waals surface area contributed by atoms with Gasteiger partial charge in [0.25, 0.3) is 0 Å². The lowest BCUT2D eigenvalue weighted by molar-refractivity contribution is -0.137. The number of rotatable bonds is 9. The number of nitrogens with zero attached hydrogens (tertiary/aromatic N) is 2. The predicted molar refractivity (Wildman–Crippen MR) is 173 cm³/mol. The number of benzene rings is 3. The van der Waals surface area contributed by atoms with Crippen LogP contribution in [-0.2, 0) is 11.0 Å². The zero-order chi connectivity index (χ0) is 32.4. The lowest BCUT2D eigenvalue weighted by atomic mass is 9.89. The Morgan fingerprint density at radius 1 is 0.844 bits per heavy atom. The highest BCUT2D eigenvalue weighted by atomic mass is 19.4. The van der Waals surface area contributed by atoms with Crippen molar-refractivity contribution in [2.24, 2.45) is 0 Å². The molecule has 2 fully saturated rings. The van der Waals surface area contributed by atoms with Gasteiger partial charge in [-0.25, -0.2) is 0 Å². The number of likely N-dealkylation sites (tertiary alicyclic amines) is 2. The van der Waals surface area contributed by atoms with Crippen molar-refractivity contribution >= 4 is 12.5 Å². The van der Waals surface area contributed by atoms with Crippen molar-refractivity contribution in [2.45, 2.75) is 64.1 Å². The third-order valence-electron chi connectivity index (χ3n) is 8.62. The van der Waals surface area contributed by atoms with Crippen LogP contribution < -0.4 is 15.2 Å². The Labute approximate surface area is 264 Å². The van der Waals surface area contributed by atoms with Gasteiger partial charge in [-0.1, -0.05) is 35.9 Å². The van der Waals surface area contributed by atoms with Crippen LogP contribution in [0.25, 0.3) is 0 Å². The Bertz CT molecular complexity index is 1380. The van der Waals surface area contributed by atoms with Crippen LogP contribution in [0.5, 0.6) is 17.2 Å². The van der Waals surface area contributed by atoms with E-state index in [2.05, 4.69) is 47.9 Å². The van der Waals surface area contributed by atoms with E-state index >= 15 is 0 Å². The van der Waals surface area contributed by atoms with Crippen molar-refractivity contribution < 1.29 is 27.4 Å². The number of alkyl halides is 3. The maximum Gasteiger partial charge on any atom is 0.418 e. The van der Waals surface area contributed by atoms with Gasteiger partial charge in [0.2, 0.25) is 0 Å². The van der Waals surface area contributed by atoms with Crippen LogP contribution in [-0.4, -0.2) is 55.4 Å². The number of nitrogens with two attached hydrogens (primary N) is 1. The minimum atomic E-state index is -4.50. The number of ether oxygens (including phenoxy) is 2. The average molecular weight is 624 g/mol. The zero-order valence-corrected chi connectivity index (χ0v) is 26.2. The van der Waals surface area contributed by atoms with Crippen LogP contribution in [0.3, 0.4) is 0 Å². The van der Waals surface area contributed by atoms with Gasteiger partial charge >= 0.3 is 6.18 Å². The number of para-hydroxylation sites is 1. The van der Waals surface area contributed by atoms with Gasteiger partial charge in [0.1, 0.15) is 30.1 Å². The highest BCUT2D eigenvalue weighted by molar-refractivity contribution is 5.52. The minimum Gasteiger partial charge on any atom is -0.490 e. The fourth-order valence-electron chi connectivity index (χ4n) is 6.20. The second-order valence-corrected chi connectivity index (χ2v) is 11.8. The Hall–Kier alpha value is -3.98. The van der Waals surface area contributed by atoms with Crippen molar-refractivity contribution in [2.75, 3.05) is 38.5 Å². The van der Waals surface area contributed by atoms with Gasteiger partial charge in [-0.05, 0) is 100 Å². The summed E-state index contributed by atoms with van der Waals surface area (Å²) in [5, 5.41) is 0. The van der Waals surface area contributed by atoms with Gasteiger partial charge in [-0.15, -0.1) is 0 Å². The monoisotopic (exact) mass is 623 g/mol. The molecule has 0 atom stereocenters. The second kappa shape index (κ2) is 15.8. The molecule has 2 heterocycles. The van der Waals surface area contributed by atoms with Gasteiger partial charge in [-0.3, -0.25) is 0 Å². The molecule has 0 amide bonds. The van der Waals surface area contributed by atoms with Crippen molar-refractivity contribution in [1.29, 1.82) is 0 Å². The number of nitrogen functional groups attached to an aromatic ring is 1. The van der Waals surface area contributed by atoms with Crippen LogP contribution in [0.15, 0.2) is 84.1 Å². The summed E-state index contributed by atoms with van der Waals surface area (Å²) in [6.07, 6.45) is 0.213. The van der Waals surface area contributed by atoms with E-state index in [1.165, 1.54) is 29.0 Å². The van der Waals surface area contributed by atoms with Gasteiger partial charge < -0.3 is 29.8 Å². The summed E-state index contributed by atoms with van der Waals surface area (Å²) in [7, 11) is 0. The van der Waals surface area contributed by atoms with E-state index in [-0.39, 0.29) is 17.5 Å². The lowest BCUT2D eigenvalue weighted by Gasteiger charge is -2.38. The van der Waals surface area contributed by atoms with Crippen molar-refractivity contribution in [3.63, 3.8) is 0 Å². The number of halogens is 3. The van der Waals surface area contributed by atoms with E-state index in [1.54, 1.807) is 0 Å². The van der Waals surface area contributed by atoms with Crippen LogP contribution in [0.4, 0.5) is 18.9 Å². The minimum absolute atomic E-state index is 0.114. The fraction of sp³-hybridized carbons (Fsp3) is 0.417. The second-order valence-electron chi connectivity index (χ2n) is 11.8. The first-order chi connectivity index (χ1) is 21.7. The van der Waals surface area contributed by atoms with Crippen LogP contribution >= 0.6 is 0 Å². The quantitative estimate of drug-likeness (QED) is 0.242. The number of hydrogen-bond donors (Lipinski definition) is 1. The molecule has 0 saturated carbocycles. The first kappa shape index (κ1) is 33.9. The molecule has 3 aromatic rings. The molecule has 242 valence electrons. The van der Waals surface area contributed by atoms with Crippen LogP contribution in [0.1, 0.15) is 63.0 Å². The summed E-state index contributed by atoms with van der Waals surface area (Å²) in [5.41, 5.74) is 8.49. The lowest BCUT2D eigenvalue weighted by Crippen LogP contribution is -2.39. The van der Waals surface area contributed by atoms with Gasteiger partial charge in [-0.2, -0.15) is 13.2 Å². The molecule has 0 unspecified atom stereocenters. The van der Waals surface area contributed by atoms with Crippen molar-refractivity contribution in [3.8, 4) is 17.2 Å². The summed E-state index contributed by atoms with van der Waals surface area (Å²) >= 11 is 0. The smallest absolute Gasteiger partial charge is 0.418 e. The largest absolute Gasteiger partial charge is 0.490 e. The first-order valence-corrected chi connectivity index (χ1v) is 15.5. The number of anilines is 1. The molecule has 0 bridgehead atoms. The number of carbonyl (C=O) groups is 1. The molecular formula is C36H44F3N3O3. The molecule has 5 rings (SSSR count). The molecular weight excluding hydrogens is 579 g/mol. The van der Waals surface area contributed by atoms with Gasteiger partial charge in [0.15, 0.2) is 0 Å². The van der Waals surface area contributed by atoms with E-state index in [1.807, 2.05) is 37.1 Å².